The zero-order chi connectivity index (χ0) is 19.7. The van der Waals surface area contributed by atoms with E-state index in [4.69, 9.17) is 9.47 Å². The molecule has 1 atom stereocenters. The molecule has 3 aromatic rings. The standard InChI is InChI=1S/C19H16BrF2NO3S/c1-4-25-15-8-13-16(7-11(15)20)27-19(23-13)10(3)26-14-6-5-12(21)17(9(2)24)18(14)22/h5-8,10H,4H2,1-3H3. The molecular weight excluding hydrogens is 440 g/mol. The van der Waals surface area contributed by atoms with Crippen LogP contribution in [0.5, 0.6) is 11.5 Å². The minimum absolute atomic E-state index is 0.190. The molecule has 1 aromatic heterocycles. The van der Waals surface area contributed by atoms with Crippen molar-refractivity contribution in [2.45, 2.75) is 26.9 Å². The van der Waals surface area contributed by atoms with Crippen molar-refractivity contribution < 1.29 is 23.0 Å². The lowest BCUT2D eigenvalue weighted by Gasteiger charge is -2.14. The number of Topliss-reactive ketones (excluding diaryl/α,β-unsaturated/α-hetero) is 1. The topological polar surface area (TPSA) is 48.4 Å². The monoisotopic (exact) mass is 455 g/mol. The molecule has 0 spiro atoms. The van der Waals surface area contributed by atoms with Crippen molar-refractivity contribution >= 4 is 43.3 Å². The lowest BCUT2D eigenvalue weighted by molar-refractivity contribution is 0.100. The normalized spacial score (nSPS) is 12.2. The molecule has 0 aliphatic rings. The van der Waals surface area contributed by atoms with Gasteiger partial charge in [0.2, 0.25) is 0 Å². The minimum Gasteiger partial charge on any atom is -0.493 e. The maximum Gasteiger partial charge on any atom is 0.178 e. The van der Waals surface area contributed by atoms with Gasteiger partial charge < -0.3 is 9.47 Å². The highest BCUT2D eigenvalue weighted by Crippen LogP contribution is 2.36. The van der Waals surface area contributed by atoms with Gasteiger partial charge in [0.05, 0.1) is 26.9 Å². The van der Waals surface area contributed by atoms with Gasteiger partial charge in [0.25, 0.3) is 0 Å². The van der Waals surface area contributed by atoms with E-state index in [1.165, 1.54) is 17.4 Å². The Bertz CT molecular complexity index is 1020. The second-order valence-corrected chi connectivity index (χ2v) is 7.70. The Morgan fingerprint density at radius 3 is 2.70 bits per heavy atom. The van der Waals surface area contributed by atoms with Gasteiger partial charge in [-0.25, -0.2) is 13.8 Å². The van der Waals surface area contributed by atoms with Crippen molar-refractivity contribution in [3.05, 3.63) is 50.9 Å². The molecular formula is C19H16BrF2NO3S. The van der Waals surface area contributed by atoms with Crippen molar-refractivity contribution in [3.8, 4) is 11.5 Å². The number of nitrogens with zero attached hydrogens (tertiary/aromatic N) is 1. The third-order valence-corrected chi connectivity index (χ3v) is 5.62. The molecule has 4 nitrogen and oxygen atoms in total. The van der Waals surface area contributed by atoms with Gasteiger partial charge in [-0.15, -0.1) is 11.3 Å². The highest BCUT2D eigenvalue weighted by Gasteiger charge is 2.21. The Kier molecular flexibility index (Phi) is 5.76. The average Bonchev–Trinajstić information content (AvgIpc) is 3.00. The number of aromatic nitrogens is 1. The van der Waals surface area contributed by atoms with E-state index in [-0.39, 0.29) is 5.75 Å². The number of carbonyl (C=O) groups is 1. The van der Waals surface area contributed by atoms with Crippen LogP contribution in [0.15, 0.2) is 28.7 Å². The number of hydrogen-bond donors (Lipinski definition) is 0. The van der Waals surface area contributed by atoms with Crippen molar-refractivity contribution in [1.82, 2.24) is 4.98 Å². The molecule has 0 amide bonds. The second kappa shape index (κ2) is 7.90. The Hall–Kier alpha value is -2.06. The fraction of sp³-hybridized carbons (Fsp3) is 0.263. The van der Waals surface area contributed by atoms with Crippen molar-refractivity contribution in [3.63, 3.8) is 0 Å². The van der Waals surface area contributed by atoms with E-state index in [1.807, 2.05) is 19.1 Å². The van der Waals surface area contributed by atoms with Crippen LogP contribution in [0.4, 0.5) is 8.78 Å². The largest absolute Gasteiger partial charge is 0.493 e. The molecule has 0 saturated carbocycles. The summed E-state index contributed by atoms with van der Waals surface area (Å²) in [4.78, 5) is 16.0. The highest BCUT2D eigenvalue weighted by atomic mass is 79.9. The molecule has 8 heteroatoms. The average molecular weight is 456 g/mol. The third kappa shape index (κ3) is 3.96. The van der Waals surface area contributed by atoms with Crippen LogP contribution in [0.3, 0.4) is 0 Å². The first kappa shape index (κ1) is 19.7. The molecule has 142 valence electrons. The maximum absolute atomic E-state index is 14.4. The van der Waals surface area contributed by atoms with Gasteiger partial charge in [-0.05, 0) is 54.9 Å². The zero-order valence-electron chi connectivity index (χ0n) is 14.8. The summed E-state index contributed by atoms with van der Waals surface area (Å²) in [6, 6.07) is 5.92. The number of hydrogen-bond acceptors (Lipinski definition) is 5. The molecule has 0 N–H and O–H groups in total. The van der Waals surface area contributed by atoms with Gasteiger partial charge in [0.1, 0.15) is 22.7 Å². The predicted octanol–water partition coefficient (Wildman–Crippen LogP) is 6.08. The summed E-state index contributed by atoms with van der Waals surface area (Å²) < 4.78 is 41.0. The molecule has 1 heterocycles. The van der Waals surface area contributed by atoms with Crippen LogP contribution in [0.2, 0.25) is 0 Å². The van der Waals surface area contributed by atoms with Gasteiger partial charge in [0.15, 0.2) is 17.3 Å². The molecule has 27 heavy (non-hydrogen) atoms. The van der Waals surface area contributed by atoms with Crippen molar-refractivity contribution in [2.75, 3.05) is 6.61 Å². The number of carbonyl (C=O) groups excluding carboxylic acids is 1. The van der Waals surface area contributed by atoms with E-state index in [0.29, 0.717) is 17.4 Å². The van der Waals surface area contributed by atoms with Crippen LogP contribution in [0.1, 0.15) is 42.2 Å². The molecule has 3 rings (SSSR count). The van der Waals surface area contributed by atoms with E-state index >= 15 is 0 Å². The molecule has 0 bridgehead atoms. The first-order valence-electron chi connectivity index (χ1n) is 8.20. The third-order valence-electron chi connectivity index (χ3n) is 3.82. The number of fused-ring (bicyclic) bond motifs is 1. The summed E-state index contributed by atoms with van der Waals surface area (Å²) in [5.41, 5.74) is 0.135. The Labute approximate surface area is 167 Å². The summed E-state index contributed by atoms with van der Waals surface area (Å²) in [5, 5.41) is 0.624. The van der Waals surface area contributed by atoms with Gasteiger partial charge >= 0.3 is 0 Å². The van der Waals surface area contributed by atoms with E-state index in [2.05, 4.69) is 20.9 Å². The number of ether oxygens (including phenoxy) is 2. The van der Waals surface area contributed by atoms with E-state index in [9.17, 15) is 13.6 Å². The smallest absolute Gasteiger partial charge is 0.178 e. The SMILES string of the molecule is CCOc1cc2nc(C(C)Oc3ccc(F)c(C(C)=O)c3F)sc2cc1Br. The fourth-order valence-electron chi connectivity index (χ4n) is 2.58. The van der Waals surface area contributed by atoms with Crippen LogP contribution in [-0.2, 0) is 0 Å². The minimum atomic E-state index is -1.00. The second-order valence-electron chi connectivity index (χ2n) is 5.79. The Balaban J connectivity index is 1.92. The van der Waals surface area contributed by atoms with Crippen LogP contribution in [0.25, 0.3) is 10.2 Å². The summed E-state index contributed by atoms with van der Waals surface area (Å²) in [5.74, 6) is -2.11. The summed E-state index contributed by atoms with van der Waals surface area (Å²) in [7, 11) is 0. The van der Waals surface area contributed by atoms with Crippen LogP contribution < -0.4 is 9.47 Å². The molecule has 0 fully saturated rings. The molecule has 1 unspecified atom stereocenters. The van der Waals surface area contributed by atoms with E-state index in [0.717, 1.165) is 27.7 Å². The molecule has 0 aliphatic heterocycles. The van der Waals surface area contributed by atoms with Crippen molar-refractivity contribution in [2.24, 2.45) is 0 Å². The number of thiazole rings is 1. The zero-order valence-corrected chi connectivity index (χ0v) is 17.2. The van der Waals surface area contributed by atoms with E-state index in [1.54, 1.807) is 6.92 Å². The number of halogens is 3. The number of benzene rings is 2. The van der Waals surface area contributed by atoms with Gasteiger partial charge in [-0.3, -0.25) is 4.79 Å². The van der Waals surface area contributed by atoms with Crippen molar-refractivity contribution in [1.29, 1.82) is 0 Å². The molecule has 0 aliphatic carbocycles. The maximum atomic E-state index is 14.4. The summed E-state index contributed by atoms with van der Waals surface area (Å²) in [6.07, 6.45) is -0.587. The number of ketones is 1. The molecule has 0 radical (unpaired) electrons. The highest BCUT2D eigenvalue weighted by molar-refractivity contribution is 9.10. The van der Waals surface area contributed by atoms with Crippen LogP contribution >= 0.6 is 27.3 Å². The predicted molar refractivity (Wildman–Crippen MR) is 104 cm³/mol. The van der Waals surface area contributed by atoms with Crippen LogP contribution in [0, 0.1) is 11.6 Å². The van der Waals surface area contributed by atoms with Crippen LogP contribution in [-0.4, -0.2) is 17.4 Å². The van der Waals surface area contributed by atoms with Gasteiger partial charge in [-0.2, -0.15) is 0 Å². The lowest BCUT2D eigenvalue weighted by atomic mass is 10.1. The molecule has 0 saturated heterocycles. The van der Waals surface area contributed by atoms with E-state index < -0.39 is 29.1 Å². The first-order chi connectivity index (χ1) is 12.8. The quantitative estimate of drug-likeness (QED) is 0.422. The Morgan fingerprint density at radius 2 is 2.04 bits per heavy atom. The van der Waals surface area contributed by atoms with Gasteiger partial charge in [-0.1, -0.05) is 0 Å². The molecule has 2 aromatic carbocycles. The first-order valence-corrected chi connectivity index (χ1v) is 9.81. The lowest BCUT2D eigenvalue weighted by Crippen LogP contribution is -2.08. The summed E-state index contributed by atoms with van der Waals surface area (Å²) in [6.45, 7) is 5.25. The fourth-order valence-corrected chi connectivity index (χ4v) is 4.15. The summed E-state index contributed by atoms with van der Waals surface area (Å²) >= 11 is 4.86. The number of rotatable bonds is 6. The van der Waals surface area contributed by atoms with Gasteiger partial charge in [0, 0.05) is 6.07 Å². The Morgan fingerprint density at radius 1 is 1.30 bits per heavy atom.